The maximum Gasteiger partial charge on any atom is 0.129 e. The van der Waals surface area contributed by atoms with Crippen LogP contribution in [-0.4, -0.2) is 24.1 Å². The monoisotopic (exact) mass is 247 g/mol. The summed E-state index contributed by atoms with van der Waals surface area (Å²) in [6, 6.07) is 5.24. The van der Waals surface area contributed by atoms with E-state index in [0.717, 1.165) is 37.9 Å². The first-order chi connectivity index (χ1) is 8.76. The Morgan fingerprint density at radius 2 is 1.94 bits per heavy atom. The second-order valence-electron chi connectivity index (χ2n) is 5.01. The minimum atomic E-state index is 0.764. The van der Waals surface area contributed by atoms with E-state index in [2.05, 4.69) is 43.1 Å². The molecular weight excluding hydrogens is 222 g/mol. The predicted molar refractivity (Wildman–Crippen MR) is 77.0 cm³/mol. The van der Waals surface area contributed by atoms with Crippen LogP contribution in [0.5, 0.6) is 0 Å². The molecule has 0 amide bonds. The van der Waals surface area contributed by atoms with Gasteiger partial charge >= 0.3 is 0 Å². The third kappa shape index (κ3) is 3.45. The SMILES string of the molecule is CCc1cc(CNC2CC2)cc(N(CC)CC)n1. The smallest absolute Gasteiger partial charge is 0.129 e. The number of nitrogens with one attached hydrogen (secondary N) is 1. The minimum absolute atomic E-state index is 0.764. The van der Waals surface area contributed by atoms with Crippen LogP contribution in [0, 0.1) is 0 Å². The van der Waals surface area contributed by atoms with Gasteiger partial charge < -0.3 is 10.2 Å². The topological polar surface area (TPSA) is 28.2 Å². The molecule has 0 saturated heterocycles. The molecule has 0 spiro atoms. The normalized spacial score (nSPS) is 14.8. The summed E-state index contributed by atoms with van der Waals surface area (Å²) in [5.74, 6) is 1.13. The Morgan fingerprint density at radius 3 is 2.50 bits per heavy atom. The lowest BCUT2D eigenvalue weighted by molar-refractivity contribution is 0.685. The summed E-state index contributed by atoms with van der Waals surface area (Å²) in [6.07, 6.45) is 3.69. The zero-order valence-electron chi connectivity index (χ0n) is 11.9. The molecule has 1 aliphatic rings. The van der Waals surface area contributed by atoms with Gasteiger partial charge in [-0.25, -0.2) is 4.98 Å². The number of aryl methyl sites for hydroxylation is 1. The fourth-order valence-electron chi connectivity index (χ4n) is 2.18. The molecule has 1 fully saturated rings. The summed E-state index contributed by atoms with van der Waals surface area (Å²) in [4.78, 5) is 7.05. The van der Waals surface area contributed by atoms with Gasteiger partial charge in [0.05, 0.1) is 0 Å². The van der Waals surface area contributed by atoms with E-state index < -0.39 is 0 Å². The van der Waals surface area contributed by atoms with E-state index in [4.69, 9.17) is 4.98 Å². The van der Waals surface area contributed by atoms with Crippen molar-refractivity contribution in [2.75, 3.05) is 18.0 Å². The lowest BCUT2D eigenvalue weighted by atomic mass is 10.2. The molecule has 1 N–H and O–H groups in total. The van der Waals surface area contributed by atoms with Gasteiger partial charge in [-0.15, -0.1) is 0 Å². The molecule has 1 heterocycles. The Kier molecular flexibility index (Phi) is 4.59. The van der Waals surface area contributed by atoms with Crippen LogP contribution in [-0.2, 0) is 13.0 Å². The molecule has 18 heavy (non-hydrogen) atoms. The number of aromatic nitrogens is 1. The minimum Gasteiger partial charge on any atom is -0.357 e. The van der Waals surface area contributed by atoms with Gasteiger partial charge in [0.1, 0.15) is 5.82 Å². The van der Waals surface area contributed by atoms with Gasteiger partial charge in [0.2, 0.25) is 0 Å². The van der Waals surface area contributed by atoms with Crippen molar-refractivity contribution in [3.05, 3.63) is 23.4 Å². The van der Waals surface area contributed by atoms with E-state index in [0.29, 0.717) is 0 Å². The van der Waals surface area contributed by atoms with Crippen LogP contribution in [0.25, 0.3) is 0 Å². The molecule has 100 valence electrons. The highest BCUT2D eigenvalue weighted by Crippen LogP contribution is 2.21. The molecule has 1 aromatic heterocycles. The Bertz CT molecular complexity index is 381. The van der Waals surface area contributed by atoms with Crippen molar-refractivity contribution in [1.82, 2.24) is 10.3 Å². The van der Waals surface area contributed by atoms with Crippen LogP contribution in [0.15, 0.2) is 12.1 Å². The van der Waals surface area contributed by atoms with E-state index in [1.807, 2.05) is 0 Å². The summed E-state index contributed by atoms with van der Waals surface area (Å²) in [5, 5.41) is 3.58. The predicted octanol–water partition coefficient (Wildman–Crippen LogP) is 2.74. The van der Waals surface area contributed by atoms with Crippen LogP contribution in [0.1, 0.15) is 44.9 Å². The second-order valence-corrected chi connectivity index (χ2v) is 5.01. The van der Waals surface area contributed by atoms with Crippen molar-refractivity contribution in [2.24, 2.45) is 0 Å². The summed E-state index contributed by atoms with van der Waals surface area (Å²) in [6.45, 7) is 9.57. The summed E-state index contributed by atoms with van der Waals surface area (Å²) in [5.41, 5.74) is 2.57. The highest BCUT2D eigenvalue weighted by Gasteiger charge is 2.20. The van der Waals surface area contributed by atoms with Gasteiger partial charge in [-0.05, 0) is 50.8 Å². The maximum atomic E-state index is 4.73. The lowest BCUT2D eigenvalue weighted by Gasteiger charge is -2.21. The molecule has 0 atom stereocenters. The molecule has 1 saturated carbocycles. The average molecular weight is 247 g/mol. The zero-order valence-corrected chi connectivity index (χ0v) is 11.9. The molecule has 0 aliphatic heterocycles. The molecule has 3 heteroatoms. The van der Waals surface area contributed by atoms with Crippen molar-refractivity contribution in [3.8, 4) is 0 Å². The van der Waals surface area contributed by atoms with E-state index in [-0.39, 0.29) is 0 Å². The van der Waals surface area contributed by atoms with Crippen LogP contribution < -0.4 is 10.2 Å². The Balaban J connectivity index is 2.13. The Morgan fingerprint density at radius 1 is 1.22 bits per heavy atom. The standard InChI is InChI=1S/C15H25N3/c1-4-13-9-12(11-16-14-7-8-14)10-15(17-13)18(5-2)6-3/h9-10,14,16H,4-8,11H2,1-3H3. The first-order valence-electron chi connectivity index (χ1n) is 7.25. The van der Waals surface area contributed by atoms with E-state index in [9.17, 15) is 0 Å². The number of hydrogen-bond acceptors (Lipinski definition) is 3. The lowest BCUT2D eigenvalue weighted by Crippen LogP contribution is -2.24. The second kappa shape index (κ2) is 6.19. The molecular formula is C15H25N3. The van der Waals surface area contributed by atoms with Crippen LogP contribution >= 0.6 is 0 Å². The zero-order chi connectivity index (χ0) is 13.0. The van der Waals surface area contributed by atoms with Crippen molar-refractivity contribution in [2.45, 2.75) is 52.6 Å². The number of pyridine rings is 1. The van der Waals surface area contributed by atoms with Gasteiger partial charge in [-0.1, -0.05) is 6.92 Å². The quantitative estimate of drug-likeness (QED) is 0.803. The highest BCUT2D eigenvalue weighted by atomic mass is 15.2. The molecule has 0 aromatic carbocycles. The third-order valence-corrected chi connectivity index (χ3v) is 3.55. The van der Waals surface area contributed by atoms with E-state index >= 15 is 0 Å². The van der Waals surface area contributed by atoms with Crippen LogP contribution in [0.4, 0.5) is 5.82 Å². The maximum absolute atomic E-state index is 4.73. The summed E-state index contributed by atoms with van der Waals surface area (Å²) >= 11 is 0. The molecule has 0 bridgehead atoms. The fraction of sp³-hybridized carbons (Fsp3) is 0.667. The third-order valence-electron chi connectivity index (χ3n) is 3.55. The van der Waals surface area contributed by atoms with Crippen molar-refractivity contribution in [3.63, 3.8) is 0 Å². The molecule has 0 unspecified atom stereocenters. The first-order valence-corrected chi connectivity index (χ1v) is 7.25. The number of rotatable bonds is 7. The van der Waals surface area contributed by atoms with Gasteiger partial charge in [-0.3, -0.25) is 0 Å². The average Bonchev–Trinajstić information content (AvgIpc) is 3.21. The van der Waals surface area contributed by atoms with Gasteiger partial charge in [0, 0.05) is 31.4 Å². The summed E-state index contributed by atoms with van der Waals surface area (Å²) in [7, 11) is 0. The van der Waals surface area contributed by atoms with Gasteiger partial charge in [0.15, 0.2) is 0 Å². The van der Waals surface area contributed by atoms with Crippen LogP contribution in [0.2, 0.25) is 0 Å². The van der Waals surface area contributed by atoms with Crippen LogP contribution in [0.3, 0.4) is 0 Å². The molecule has 1 aromatic rings. The Labute approximate surface area is 111 Å². The molecule has 3 nitrogen and oxygen atoms in total. The molecule has 1 aliphatic carbocycles. The fourth-order valence-corrected chi connectivity index (χ4v) is 2.18. The number of nitrogens with zero attached hydrogens (tertiary/aromatic N) is 2. The van der Waals surface area contributed by atoms with E-state index in [1.165, 1.54) is 24.1 Å². The number of anilines is 1. The first kappa shape index (κ1) is 13.3. The summed E-state index contributed by atoms with van der Waals surface area (Å²) < 4.78 is 0. The van der Waals surface area contributed by atoms with E-state index in [1.54, 1.807) is 0 Å². The van der Waals surface area contributed by atoms with Crippen molar-refractivity contribution >= 4 is 5.82 Å². The Hall–Kier alpha value is -1.09. The van der Waals surface area contributed by atoms with Gasteiger partial charge in [-0.2, -0.15) is 0 Å². The molecule has 2 rings (SSSR count). The largest absolute Gasteiger partial charge is 0.357 e. The van der Waals surface area contributed by atoms with Gasteiger partial charge in [0.25, 0.3) is 0 Å². The molecule has 0 radical (unpaired) electrons. The van der Waals surface area contributed by atoms with Crippen molar-refractivity contribution < 1.29 is 0 Å². The number of hydrogen-bond donors (Lipinski definition) is 1. The highest BCUT2D eigenvalue weighted by molar-refractivity contribution is 5.42. The van der Waals surface area contributed by atoms with Crippen molar-refractivity contribution in [1.29, 1.82) is 0 Å².